The van der Waals surface area contributed by atoms with Gasteiger partial charge in [-0.25, -0.2) is 0 Å². The lowest BCUT2D eigenvalue weighted by Crippen LogP contribution is -2.31. The van der Waals surface area contributed by atoms with Crippen molar-refractivity contribution in [3.05, 3.63) is 76.0 Å². The van der Waals surface area contributed by atoms with Crippen molar-refractivity contribution in [2.75, 3.05) is 0 Å². The number of hydrogen-bond acceptors (Lipinski definition) is 2. The number of hydrogen-bond donors (Lipinski definition) is 1. The van der Waals surface area contributed by atoms with Crippen molar-refractivity contribution in [1.29, 1.82) is 5.26 Å². The van der Waals surface area contributed by atoms with E-state index < -0.39 is 5.41 Å². The Hall–Kier alpha value is -2.86. The molecule has 1 N–H and O–H groups in total. The van der Waals surface area contributed by atoms with E-state index in [-0.39, 0.29) is 11.3 Å². The van der Waals surface area contributed by atoms with E-state index in [1.807, 2.05) is 71.0 Å². The first-order chi connectivity index (χ1) is 13.3. The van der Waals surface area contributed by atoms with Gasteiger partial charge in [-0.3, -0.25) is 4.79 Å². The highest BCUT2D eigenvalue weighted by atomic mass is 16.1. The summed E-state index contributed by atoms with van der Waals surface area (Å²) in [7, 11) is 0. The smallest absolute Gasteiger partial charge is 0.255 e. The first-order valence-corrected chi connectivity index (χ1v) is 9.98. The lowest BCUT2D eigenvalue weighted by atomic mass is 9.85. The Morgan fingerprint density at radius 3 is 1.79 bits per heavy atom. The molecule has 0 heterocycles. The second-order valence-electron chi connectivity index (χ2n) is 9.77. The van der Waals surface area contributed by atoms with Gasteiger partial charge >= 0.3 is 0 Å². The first kappa shape index (κ1) is 22.4. The summed E-state index contributed by atoms with van der Waals surface area (Å²) < 4.78 is 0. The zero-order valence-corrected chi connectivity index (χ0v) is 18.9. The van der Waals surface area contributed by atoms with Crippen LogP contribution < -0.4 is 5.32 Å². The maximum Gasteiger partial charge on any atom is 0.255 e. The molecule has 0 aromatic heterocycles. The zero-order valence-electron chi connectivity index (χ0n) is 18.9. The van der Waals surface area contributed by atoms with Gasteiger partial charge in [0, 0.05) is 16.7 Å². The maximum atomic E-state index is 13.0. The molecule has 0 saturated heterocycles. The summed E-state index contributed by atoms with van der Waals surface area (Å²) in [6.07, 6.45) is 0. The van der Waals surface area contributed by atoms with Crippen molar-refractivity contribution in [3.8, 4) is 6.07 Å². The van der Waals surface area contributed by atoms with Gasteiger partial charge in [-0.05, 0) is 42.5 Å². The standard InChI is InChI=1S/C26H32N2O/c1-17-13-18(2)15-20(14-17)22(16-27)23(26(6,7)8)28-24(29)19-9-11-21(12-10-19)25(3,4)5/h9-15H,1-8H3,(H,28,29)/b23-22-. The van der Waals surface area contributed by atoms with Crippen LogP contribution in [0.5, 0.6) is 0 Å². The number of carbonyl (C=O) groups is 1. The van der Waals surface area contributed by atoms with Gasteiger partial charge < -0.3 is 5.32 Å². The highest BCUT2D eigenvalue weighted by Crippen LogP contribution is 2.31. The van der Waals surface area contributed by atoms with Gasteiger partial charge in [-0.15, -0.1) is 0 Å². The number of nitrogens with zero attached hydrogens (tertiary/aromatic N) is 1. The van der Waals surface area contributed by atoms with Crippen molar-refractivity contribution in [1.82, 2.24) is 5.32 Å². The number of rotatable bonds is 3. The predicted molar refractivity (Wildman–Crippen MR) is 121 cm³/mol. The molecule has 29 heavy (non-hydrogen) atoms. The molecule has 0 unspecified atom stereocenters. The molecular weight excluding hydrogens is 356 g/mol. The van der Waals surface area contributed by atoms with Crippen LogP contribution in [0.1, 0.15) is 74.2 Å². The van der Waals surface area contributed by atoms with E-state index >= 15 is 0 Å². The van der Waals surface area contributed by atoms with Crippen LogP contribution in [-0.2, 0) is 5.41 Å². The molecule has 0 aliphatic heterocycles. The van der Waals surface area contributed by atoms with Crippen LogP contribution in [0.15, 0.2) is 48.2 Å². The minimum atomic E-state index is -0.399. The Bertz CT molecular complexity index is 955. The lowest BCUT2D eigenvalue weighted by molar-refractivity contribution is 0.0958. The Morgan fingerprint density at radius 1 is 0.862 bits per heavy atom. The molecule has 0 aliphatic carbocycles. The van der Waals surface area contributed by atoms with Crippen LogP contribution in [0.25, 0.3) is 5.57 Å². The highest BCUT2D eigenvalue weighted by Gasteiger charge is 2.25. The number of benzene rings is 2. The largest absolute Gasteiger partial charge is 0.324 e. The molecule has 0 spiro atoms. The fourth-order valence-electron chi connectivity index (χ4n) is 3.32. The topological polar surface area (TPSA) is 52.9 Å². The van der Waals surface area contributed by atoms with Crippen molar-refractivity contribution in [3.63, 3.8) is 0 Å². The minimum Gasteiger partial charge on any atom is -0.324 e. The third-order valence-corrected chi connectivity index (χ3v) is 4.87. The average Bonchev–Trinajstić information content (AvgIpc) is 2.59. The molecule has 3 nitrogen and oxygen atoms in total. The fraction of sp³-hybridized carbons (Fsp3) is 0.385. The second-order valence-corrected chi connectivity index (χ2v) is 9.77. The maximum absolute atomic E-state index is 13.0. The van der Waals surface area contributed by atoms with Crippen LogP contribution >= 0.6 is 0 Å². The summed E-state index contributed by atoms with van der Waals surface area (Å²) in [6, 6.07) is 16.1. The number of amides is 1. The Morgan fingerprint density at radius 2 is 1.38 bits per heavy atom. The molecule has 0 atom stereocenters. The molecule has 2 aromatic carbocycles. The number of nitriles is 1. The Balaban J connectivity index is 2.49. The van der Waals surface area contributed by atoms with E-state index in [4.69, 9.17) is 0 Å². The number of aryl methyl sites for hydroxylation is 2. The van der Waals surface area contributed by atoms with Crippen LogP contribution in [0.4, 0.5) is 0 Å². The number of allylic oxidation sites excluding steroid dienone is 2. The summed E-state index contributed by atoms with van der Waals surface area (Å²) in [5, 5.41) is 13.0. The van der Waals surface area contributed by atoms with Gasteiger partial charge in [0.2, 0.25) is 0 Å². The van der Waals surface area contributed by atoms with Crippen LogP contribution in [0, 0.1) is 30.6 Å². The van der Waals surface area contributed by atoms with Crippen molar-refractivity contribution in [2.24, 2.45) is 5.41 Å². The van der Waals surface area contributed by atoms with Gasteiger partial charge in [0.1, 0.15) is 6.07 Å². The SMILES string of the molecule is Cc1cc(C)cc(/C(C#N)=C(\NC(=O)c2ccc(C(C)(C)C)cc2)C(C)(C)C)c1. The predicted octanol–water partition coefficient (Wildman–Crippen LogP) is 6.31. The average molecular weight is 389 g/mol. The summed E-state index contributed by atoms with van der Waals surface area (Å²) in [4.78, 5) is 13.0. The lowest BCUT2D eigenvalue weighted by Gasteiger charge is -2.26. The Kier molecular flexibility index (Phi) is 6.38. The first-order valence-electron chi connectivity index (χ1n) is 9.98. The van der Waals surface area contributed by atoms with Crippen molar-refractivity contribution >= 4 is 11.5 Å². The number of nitrogens with one attached hydrogen (secondary N) is 1. The van der Waals surface area contributed by atoms with E-state index in [2.05, 4.69) is 38.2 Å². The molecule has 1 amide bonds. The minimum absolute atomic E-state index is 0.0302. The van der Waals surface area contributed by atoms with E-state index in [0.29, 0.717) is 16.8 Å². The molecule has 0 saturated carbocycles. The van der Waals surface area contributed by atoms with Gasteiger partial charge in [0.15, 0.2) is 0 Å². The molecule has 0 bridgehead atoms. The Labute approximate surface area is 175 Å². The van der Waals surface area contributed by atoms with Gasteiger partial charge in [0.25, 0.3) is 5.91 Å². The van der Waals surface area contributed by atoms with Gasteiger partial charge in [-0.2, -0.15) is 5.26 Å². The van der Waals surface area contributed by atoms with E-state index in [1.54, 1.807) is 0 Å². The fourth-order valence-corrected chi connectivity index (χ4v) is 3.32. The van der Waals surface area contributed by atoms with Crippen LogP contribution in [0.2, 0.25) is 0 Å². The third kappa shape index (κ3) is 5.57. The zero-order chi connectivity index (χ0) is 22.0. The van der Waals surface area contributed by atoms with E-state index in [0.717, 1.165) is 16.7 Å². The second kappa shape index (κ2) is 8.25. The highest BCUT2D eigenvalue weighted by molar-refractivity contribution is 5.97. The van der Waals surface area contributed by atoms with Crippen LogP contribution in [0.3, 0.4) is 0 Å². The molecule has 2 aromatic rings. The monoisotopic (exact) mass is 388 g/mol. The summed E-state index contributed by atoms with van der Waals surface area (Å²) in [5.74, 6) is -0.201. The summed E-state index contributed by atoms with van der Waals surface area (Å²) >= 11 is 0. The summed E-state index contributed by atoms with van der Waals surface area (Å²) in [5.41, 5.74) is 5.53. The third-order valence-electron chi connectivity index (χ3n) is 4.87. The van der Waals surface area contributed by atoms with Gasteiger partial charge in [-0.1, -0.05) is 83.0 Å². The molecular formula is C26H32N2O. The van der Waals surface area contributed by atoms with E-state index in [1.165, 1.54) is 5.56 Å². The molecule has 0 fully saturated rings. The molecule has 0 radical (unpaired) electrons. The van der Waals surface area contributed by atoms with Gasteiger partial charge in [0.05, 0.1) is 5.57 Å². The van der Waals surface area contributed by atoms with Crippen molar-refractivity contribution < 1.29 is 4.79 Å². The molecule has 152 valence electrons. The molecule has 0 aliphatic rings. The number of carbonyl (C=O) groups excluding carboxylic acids is 1. The van der Waals surface area contributed by atoms with Crippen LogP contribution in [-0.4, -0.2) is 5.91 Å². The van der Waals surface area contributed by atoms with E-state index in [9.17, 15) is 10.1 Å². The molecule has 2 rings (SSSR count). The summed E-state index contributed by atoms with van der Waals surface area (Å²) in [6.45, 7) is 16.5. The van der Waals surface area contributed by atoms with Crippen molar-refractivity contribution in [2.45, 2.75) is 60.8 Å². The molecule has 3 heteroatoms. The quantitative estimate of drug-likeness (QED) is 0.626. The normalized spacial score (nSPS) is 12.8.